The van der Waals surface area contributed by atoms with Crippen molar-refractivity contribution in [1.82, 2.24) is 14.9 Å². The summed E-state index contributed by atoms with van der Waals surface area (Å²) in [6, 6.07) is 21.6. The topological polar surface area (TPSA) is 64.4 Å². The van der Waals surface area contributed by atoms with E-state index in [4.69, 9.17) is 21.7 Å². The third kappa shape index (κ3) is 5.79. The fourth-order valence-electron chi connectivity index (χ4n) is 3.10. The Labute approximate surface area is 213 Å². The zero-order valence-corrected chi connectivity index (χ0v) is 21.7. The molecule has 0 bridgehead atoms. The van der Waals surface area contributed by atoms with E-state index in [2.05, 4.69) is 47.2 Å². The highest BCUT2D eigenvalue weighted by Gasteiger charge is 2.13. The van der Waals surface area contributed by atoms with E-state index in [1.54, 1.807) is 10.9 Å². The summed E-state index contributed by atoms with van der Waals surface area (Å²) in [4.78, 5) is 0. The summed E-state index contributed by atoms with van der Waals surface area (Å²) in [6.07, 6.45) is 1.71. The molecule has 4 aromatic rings. The normalized spacial score (nSPS) is 11.1. The van der Waals surface area contributed by atoms with Crippen LogP contribution in [0.4, 0.5) is 0 Å². The van der Waals surface area contributed by atoms with Crippen molar-refractivity contribution < 1.29 is 9.47 Å². The first-order valence-corrected chi connectivity index (χ1v) is 12.2. The number of benzene rings is 3. The smallest absolute Gasteiger partial charge is 0.216 e. The number of aromatic amines is 1. The van der Waals surface area contributed by atoms with Gasteiger partial charge in [0.05, 0.1) is 17.3 Å². The van der Waals surface area contributed by atoms with Gasteiger partial charge in [-0.05, 0) is 70.5 Å². The van der Waals surface area contributed by atoms with E-state index in [0.29, 0.717) is 35.3 Å². The lowest BCUT2D eigenvalue weighted by Gasteiger charge is -2.15. The van der Waals surface area contributed by atoms with Crippen LogP contribution in [0.2, 0.25) is 0 Å². The molecule has 1 heterocycles. The van der Waals surface area contributed by atoms with E-state index < -0.39 is 0 Å². The molecular formula is C24H20Br2N4O2S. The van der Waals surface area contributed by atoms with Gasteiger partial charge in [0.25, 0.3) is 0 Å². The molecule has 0 spiro atoms. The summed E-state index contributed by atoms with van der Waals surface area (Å²) >= 11 is 12.4. The van der Waals surface area contributed by atoms with Crippen LogP contribution >= 0.6 is 44.1 Å². The van der Waals surface area contributed by atoms with Crippen LogP contribution in [0.15, 0.2) is 80.8 Å². The van der Waals surface area contributed by atoms with Gasteiger partial charge in [-0.3, -0.25) is 0 Å². The SMILES string of the molecule is CCOc1cc(/C=N\n2c(-c3ccccc3)n[nH]c2=S)cc(Br)c1OCc1ccc(Br)cc1. The van der Waals surface area contributed by atoms with Crippen LogP contribution in [0.25, 0.3) is 11.4 Å². The number of nitrogens with one attached hydrogen (secondary N) is 1. The molecule has 3 aromatic carbocycles. The van der Waals surface area contributed by atoms with E-state index in [-0.39, 0.29) is 0 Å². The van der Waals surface area contributed by atoms with E-state index in [1.807, 2.05) is 73.7 Å². The standard InChI is InChI=1S/C24H20Br2N4O2S/c1-2-31-21-13-17(12-20(26)22(21)32-15-16-8-10-19(25)11-9-16)14-27-30-23(28-29-24(30)33)18-6-4-3-5-7-18/h3-14H,2,15H2,1H3,(H,29,33)/b27-14-. The van der Waals surface area contributed by atoms with E-state index in [9.17, 15) is 0 Å². The quantitative estimate of drug-likeness (QED) is 0.178. The predicted molar refractivity (Wildman–Crippen MR) is 140 cm³/mol. The van der Waals surface area contributed by atoms with Crippen LogP contribution < -0.4 is 9.47 Å². The highest BCUT2D eigenvalue weighted by Crippen LogP contribution is 2.37. The third-order valence-corrected chi connectivity index (χ3v) is 6.01. The summed E-state index contributed by atoms with van der Waals surface area (Å²) < 4.78 is 15.7. The summed E-state index contributed by atoms with van der Waals surface area (Å²) in [5, 5.41) is 11.7. The van der Waals surface area contributed by atoms with Crippen LogP contribution in [0.3, 0.4) is 0 Å². The number of nitrogens with zero attached hydrogens (tertiary/aromatic N) is 3. The maximum atomic E-state index is 6.08. The van der Waals surface area contributed by atoms with Crippen molar-refractivity contribution in [3.63, 3.8) is 0 Å². The summed E-state index contributed by atoms with van der Waals surface area (Å²) in [5.41, 5.74) is 2.79. The maximum absolute atomic E-state index is 6.08. The molecular weight excluding hydrogens is 568 g/mol. The van der Waals surface area contributed by atoms with E-state index in [0.717, 1.165) is 25.6 Å². The Kier molecular flexibility index (Phi) is 7.74. The fraction of sp³-hybridized carbons (Fsp3) is 0.125. The molecule has 0 fully saturated rings. The molecule has 0 aliphatic carbocycles. The minimum Gasteiger partial charge on any atom is -0.490 e. The second kappa shape index (κ2) is 10.9. The summed E-state index contributed by atoms with van der Waals surface area (Å²) in [5.74, 6) is 1.90. The Morgan fingerprint density at radius 1 is 1.06 bits per heavy atom. The highest BCUT2D eigenvalue weighted by atomic mass is 79.9. The van der Waals surface area contributed by atoms with Crippen LogP contribution in [-0.2, 0) is 6.61 Å². The Morgan fingerprint density at radius 2 is 1.82 bits per heavy atom. The fourth-order valence-corrected chi connectivity index (χ4v) is 4.12. The minimum atomic E-state index is 0.406. The molecule has 9 heteroatoms. The molecule has 4 rings (SSSR count). The first kappa shape index (κ1) is 23.4. The Morgan fingerprint density at radius 3 is 2.55 bits per heavy atom. The number of aromatic nitrogens is 3. The van der Waals surface area contributed by atoms with Crippen molar-refractivity contribution in [2.75, 3.05) is 6.61 Å². The molecule has 0 aliphatic heterocycles. The first-order valence-electron chi connectivity index (χ1n) is 10.2. The number of H-pyrrole nitrogens is 1. The number of halogens is 2. The van der Waals surface area contributed by atoms with Crippen molar-refractivity contribution in [2.24, 2.45) is 5.10 Å². The summed E-state index contributed by atoms with van der Waals surface area (Å²) in [7, 11) is 0. The molecule has 1 aromatic heterocycles. The van der Waals surface area contributed by atoms with E-state index >= 15 is 0 Å². The van der Waals surface area contributed by atoms with Gasteiger partial charge in [0.1, 0.15) is 6.61 Å². The molecule has 0 atom stereocenters. The van der Waals surface area contributed by atoms with Gasteiger partial charge < -0.3 is 9.47 Å². The van der Waals surface area contributed by atoms with Crippen LogP contribution in [0.5, 0.6) is 11.5 Å². The zero-order valence-electron chi connectivity index (χ0n) is 17.7. The van der Waals surface area contributed by atoms with Crippen molar-refractivity contribution in [3.05, 3.63) is 91.6 Å². The van der Waals surface area contributed by atoms with Gasteiger partial charge in [0.2, 0.25) is 4.77 Å². The minimum absolute atomic E-state index is 0.406. The monoisotopic (exact) mass is 586 g/mol. The Hall–Kier alpha value is -2.75. The molecule has 1 N–H and O–H groups in total. The average Bonchev–Trinajstić information content (AvgIpc) is 3.19. The molecule has 0 unspecified atom stereocenters. The Balaban J connectivity index is 1.61. The van der Waals surface area contributed by atoms with Crippen molar-refractivity contribution in [3.8, 4) is 22.9 Å². The zero-order chi connectivity index (χ0) is 23.2. The molecule has 0 saturated carbocycles. The highest BCUT2D eigenvalue weighted by molar-refractivity contribution is 9.10. The number of rotatable bonds is 8. The van der Waals surface area contributed by atoms with Gasteiger partial charge in [-0.1, -0.05) is 58.4 Å². The summed E-state index contributed by atoms with van der Waals surface area (Å²) in [6.45, 7) is 2.86. The Bertz CT molecular complexity index is 1320. The van der Waals surface area contributed by atoms with Gasteiger partial charge in [-0.2, -0.15) is 14.9 Å². The third-order valence-electron chi connectivity index (χ3n) is 4.63. The molecule has 168 valence electrons. The number of hydrogen-bond acceptors (Lipinski definition) is 5. The van der Waals surface area contributed by atoms with Gasteiger partial charge >= 0.3 is 0 Å². The molecule has 0 saturated heterocycles. The largest absolute Gasteiger partial charge is 0.490 e. The second-order valence-electron chi connectivity index (χ2n) is 6.95. The van der Waals surface area contributed by atoms with Gasteiger partial charge in [-0.25, -0.2) is 5.10 Å². The average molecular weight is 588 g/mol. The van der Waals surface area contributed by atoms with Crippen LogP contribution in [0.1, 0.15) is 18.1 Å². The lowest BCUT2D eigenvalue weighted by atomic mass is 10.2. The number of ether oxygens (including phenoxy) is 2. The van der Waals surface area contributed by atoms with Crippen molar-refractivity contribution in [1.29, 1.82) is 0 Å². The molecule has 33 heavy (non-hydrogen) atoms. The van der Waals surface area contributed by atoms with Crippen LogP contribution in [-0.4, -0.2) is 27.7 Å². The first-order chi connectivity index (χ1) is 16.0. The van der Waals surface area contributed by atoms with Crippen molar-refractivity contribution in [2.45, 2.75) is 13.5 Å². The lowest BCUT2D eigenvalue weighted by molar-refractivity contribution is 0.267. The molecule has 0 radical (unpaired) electrons. The predicted octanol–water partition coefficient (Wildman–Crippen LogP) is 6.99. The number of hydrogen-bond donors (Lipinski definition) is 1. The van der Waals surface area contributed by atoms with Gasteiger partial charge in [-0.15, -0.1) is 0 Å². The molecule has 0 amide bonds. The second-order valence-corrected chi connectivity index (χ2v) is 9.11. The van der Waals surface area contributed by atoms with E-state index in [1.165, 1.54) is 0 Å². The molecule has 6 nitrogen and oxygen atoms in total. The lowest BCUT2D eigenvalue weighted by Crippen LogP contribution is -2.02. The maximum Gasteiger partial charge on any atom is 0.216 e. The van der Waals surface area contributed by atoms with Gasteiger partial charge in [0.15, 0.2) is 17.3 Å². The molecule has 0 aliphatic rings. The van der Waals surface area contributed by atoms with Crippen LogP contribution in [0, 0.1) is 4.77 Å². The van der Waals surface area contributed by atoms with Gasteiger partial charge in [0, 0.05) is 10.0 Å². The van der Waals surface area contributed by atoms with Crippen molar-refractivity contribution >= 4 is 50.3 Å².